The van der Waals surface area contributed by atoms with Crippen molar-refractivity contribution in [2.24, 2.45) is 0 Å². The van der Waals surface area contributed by atoms with Gasteiger partial charge in [0, 0.05) is 6.54 Å². The van der Waals surface area contributed by atoms with Crippen LogP contribution in [-0.4, -0.2) is 26.2 Å². The molecule has 1 rings (SSSR count). The number of nitrogens with one attached hydrogen (secondary N) is 1. The fraction of sp³-hybridized carbons (Fsp3) is 0.625. The van der Waals surface area contributed by atoms with E-state index in [1.54, 1.807) is 30.3 Å². The summed E-state index contributed by atoms with van der Waals surface area (Å²) < 4.78 is 26.5. The zero-order valence-corrected chi connectivity index (χ0v) is 13.6. The largest absolute Gasteiger partial charge is 0.393 e. The Labute approximate surface area is 128 Å². The molecule has 0 saturated heterocycles. The van der Waals surface area contributed by atoms with E-state index < -0.39 is 10.0 Å². The number of sulfonamides is 1. The summed E-state index contributed by atoms with van der Waals surface area (Å²) in [5.74, 6) is 0. The molecule has 0 aliphatic rings. The molecule has 0 aliphatic carbocycles. The molecule has 120 valence electrons. The Morgan fingerprint density at radius 1 is 1.05 bits per heavy atom. The highest BCUT2D eigenvalue weighted by atomic mass is 32.2. The van der Waals surface area contributed by atoms with Crippen LogP contribution in [0.15, 0.2) is 35.2 Å². The van der Waals surface area contributed by atoms with Crippen molar-refractivity contribution in [2.75, 3.05) is 6.54 Å². The van der Waals surface area contributed by atoms with Crippen LogP contribution in [0.25, 0.3) is 0 Å². The summed E-state index contributed by atoms with van der Waals surface area (Å²) in [6, 6.07) is 8.34. The summed E-state index contributed by atoms with van der Waals surface area (Å²) in [5, 5.41) is 9.82. The Bertz CT molecular complexity index is 474. The number of rotatable bonds is 11. The van der Waals surface area contributed by atoms with Crippen LogP contribution in [-0.2, 0) is 10.0 Å². The molecule has 4 nitrogen and oxygen atoms in total. The smallest absolute Gasteiger partial charge is 0.240 e. The van der Waals surface area contributed by atoms with Crippen LogP contribution >= 0.6 is 0 Å². The van der Waals surface area contributed by atoms with Crippen molar-refractivity contribution in [1.82, 2.24) is 4.72 Å². The van der Waals surface area contributed by atoms with E-state index in [4.69, 9.17) is 0 Å². The Morgan fingerprint density at radius 2 is 1.71 bits per heavy atom. The van der Waals surface area contributed by atoms with E-state index in [0.717, 1.165) is 19.3 Å². The van der Waals surface area contributed by atoms with Gasteiger partial charge in [0.25, 0.3) is 0 Å². The highest BCUT2D eigenvalue weighted by Crippen LogP contribution is 2.10. The lowest BCUT2D eigenvalue weighted by atomic mass is 10.1. The van der Waals surface area contributed by atoms with Crippen molar-refractivity contribution in [3.05, 3.63) is 30.3 Å². The number of aliphatic hydroxyl groups excluding tert-OH is 1. The van der Waals surface area contributed by atoms with E-state index in [-0.39, 0.29) is 11.0 Å². The molecule has 0 aromatic heterocycles. The Morgan fingerprint density at radius 3 is 2.38 bits per heavy atom. The number of benzene rings is 1. The molecule has 21 heavy (non-hydrogen) atoms. The van der Waals surface area contributed by atoms with Gasteiger partial charge >= 0.3 is 0 Å². The predicted molar refractivity (Wildman–Crippen MR) is 85.6 cm³/mol. The van der Waals surface area contributed by atoms with Gasteiger partial charge < -0.3 is 5.11 Å². The van der Waals surface area contributed by atoms with E-state index in [9.17, 15) is 13.5 Å². The molecular formula is C16H27NO3S. The summed E-state index contributed by atoms with van der Waals surface area (Å²) in [7, 11) is -3.41. The van der Waals surface area contributed by atoms with Crippen LogP contribution in [0.2, 0.25) is 0 Å². The Balaban J connectivity index is 2.19. The van der Waals surface area contributed by atoms with Crippen LogP contribution in [0.4, 0.5) is 0 Å². The lowest BCUT2D eigenvalue weighted by Crippen LogP contribution is -2.25. The average molecular weight is 313 g/mol. The average Bonchev–Trinajstić information content (AvgIpc) is 2.49. The SMILES string of the molecule is CCCCCCC(O)CCCNS(=O)(=O)c1ccccc1. The van der Waals surface area contributed by atoms with Crippen LogP contribution in [0, 0.1) is 0 Å². The van der Waals surface area contributed by atoms with Crippen LogP contribution in [0.3, 0.4) is 0 Å². The Kier molecular flexibility index (Phi) is 8.57. The summed E-state index contributed by atoms with van der Waals surface area (Å²) >= 11 is 0. The van der Waals surface area contributed by atoms with Crippen molar-refractivity contribution in [1.29, 1.82) is 0 Å². The molecule has 0 amide bonds. The summed E-state index contributed by atoms with van der Waals surface area (Å²) in [5.41, 5.74) is 0. The van der Waals surface area contributed by atoms with Gasteiger partial charge in [-0.3, -0.25) is 0 Å². The van der Waals surface area contributed by atoms with Crippen molar-refractivity contribution in [3.8, 4) is 0 Å². The molecule has 2 N–H and O–H groups in total. The second-order valence-corrected chi connectivity index (χ2v) is 7.12. The van der Waals surface area contributed by atoms with Crippen LogP contribution in [0.1, 0.15) is 51.9 Å². The first-order chi connectivity index (χ1) is 10.1. The molecule has 5 heteroatoms. The number of hydrogen-bond acceptors (Lipinski definition) is 3. The minimum absolute atomic E-state index is 0.283. The molecule has 0 saturated carbocycles. The van der Waals surface area contributed by atoms with E-state index in [0.29, 0.717) is 19.4 Å². The molecular weight excluding hydrogens is 286 g/mol. The molecule has 1 atom stereocenters. The van der Waals surface area contributed by atoms with E-state index in [1.807, 2.05) is 0 Å². The third kappa shape index (κ3) is 7.60. The standard InChI is InChI=1S/C16H27NO3S/c1-2-3-4-6-10-15(18)11-9-14-17-21(19,20)16-12-7-5-8-13-16/h5,7-8,12-13,15,17-18H,2-4,6,9-11,14H2,1H3. The lowest BCUT2D eigenvalue weighted by Gasteiger charge is -2.11. The molecule has 0 aliphatic heterocycles. The number of aliphatic hydroxyl groups is 1. The van der Waals surface area contributed by atoms with E-state index >= 15 is 0 Å². The number of hydrogen-bond donors (Lipinski definition) is 2. The second kappa shape index (κ2) is 9.92. The lowest BCUT2D eigenvalue weighted by molar-refractivity contribution is 0.148. The zero-order chi connectivity index (χ0) is 15.6. The van der Waals surface area contributed by atoms with Gasteiger partial charge in [-0.1, -0.05) is 50.8 Å². The molecule has 0 bridgehead atoms. The second-order valence-electron chi connectivity index (χ2n) is 5.36. The van der Waals surface area contributed by atoms with Crippen LogP contribution < -0.4 is 4.72 Å². The normalized spacial score (nSPS) is 13.2. The van der Waals surface area contributed by atoms with Gasteiger partial charge in [-0.25, -0.2) is 13.1 Å². The highest BCUT2D eigenvalue weighted by molar-refractivity contribution is 7.89. The predicted octanol–water partition coefficient (Wildman–Crippen LogP) is 3.08. The molecule has 1 unspecified atom stereocenters. The van der Waals surface area contributed by atoms with Gasteiger partial charge in [0.15, 0.2) is 0 Å². The van der Waals surface area contributed by atoms with Crippen molar-refractivity contribution in [2.45, 2.75) is 62.9 Å². The maximum Gasteiger partial charge on any atom is 0.240 e. The van der Waals surface area contributed by atoms with Gasteiger partial charge in [-0.15, -0.1) is 0 Å². The number of unbranched alkanes of at least 4 members (excludes halogenated alkanes) is 3. The summed E-state index contributed by atoms with van der Waals surface area (Å²) in [6.45, 7) is 2.53. The third-order valence-electron chi connectivity index (χ3n) is 3.45. The molecule has 0 spiro atoms. The zero-order valence-electron chi connectivity index (χ0n) is 12.8. The minimum Gasteiger partial charge on any atom is -0.393 e. The monoisotopic (exact) mass is 313 g/mol. The molecule has 0 fully saturated rings. The van der Waals surface area contributed by atoms with Crippen molar-refractivity contribution < 1.29 is 13.5 Å². The topological polar surface area (TPSA) is 66.4 Å². The highest BCUT2D eigenvalue weighted by Gasteiger charge is 2.12. The maximum atomic E-state index is 11.9. The molecule has 0 radical (unpaired) electrons. The van der Waals surface area contributed by atoms with Crippen LogP contribution in [0.5, 0.6) is 0 Å². The van der Waals surface area contributed by atoms with Crippen molar-refractivity contribution >= 4 is 10.0 Å². The van der Waals surface area contributed by atoms with Gasteiger partial charge in [0.05, 0.1) is 11.0 Å². The van der Waals surface area contributed by atoms with Gasteiger partial charge in [0.1, 0.15) is 0 Å². The maximum absolute atomic E-state index is 11.9. The van der Waals surface area contributed by atoms with E-state index in [2.05, 4.69) is 11.6 Å². The summed E-state index contributed by atoms with van der Waals surface area (Å²) in [6.07, 6.45) is 6.40. The van der Waals surface area contributed by atoms with E-state index in [1.165, 1.54) is 12.8 Å². The third-order valence-corrected chi connectivity index (χ3v) is 4.93. The minimum atomic E-state index is -3.41. The molecule has 1 aromatic carbocycles. The first-order valence-corrected chi connectivity index (χ1v) is 9.27. The first-order valence-electron chi connectivity index (χ1n) is 7.79. The quantitative estimate of drug-likeness (QED) is 0.617. The van der Waals surface area contributed by atoms with Gasteiger partial charge in [-0.2, -0.15) is 0 Å². The Hall–Kier alpha value is -0.910. The van der Waals surface area contributed by atoms with Gasteiger partial charge in [0.2, 0.25) is 10.0 Å². The molecule has 1 aromatic rings. The molecule has 0 heterocycles. The summed E-state index contributed by atoms with van der Waals surface area (Å²) in [4.78, 5) is 0.283. The fourth-order valence-corrected chi connectivity index (χ4v) is 3.27. The first kappa shape index (κ1) is 18.1. The van der Waals surface area contributed by atoms with Gasteiger partial charge in [-0.05, 0) is 31.4 Å². The fourth-order valence-electron chi connectivity index (χ4n) is 2.18. The van der Waals surface area contributed by atoms with Crippen molar-refractivity contribution in [3.63, 3.8) is 0 Å².